The molecule has 2 aliphatic rings. The minimum absolute atomic E-state index is 0.191. The topological polar surface area (TPSA) is 30.5 Å². The van der Waals surface area contributed by atoms with Crippen LogP contribution in [0.5, 0.6) is 5.75 Å². The molecular weight excluding hydrogens is 310 g/mol. The number of benzene rings is 2. The molecule has 25 heavy (non-hydrogen) atoms. The van der Waals surface area contributed by atoms with E-state index in [0.29, 0.717) is 5.92 Å². The van der Waals surface area contributed by atoms with E-state index in [-0.39, 0.29) is 12.1 Å². The van der Waals surface area contributed by atoms with Gasteiger partial charge in [0.1, 0.15) is 5.75 Å². The zero-order chi connectivity index (χ0) is 17.6. The second-order valence-electron chi connectivity index (χ2n) is 7.49. The molecule has 2 heterocycles. The van der Waals surface area contributed by atoms with Crippen LogP contribution >= 0.6 is 0 Å². The molecule has 0 aliphatic carbocycles. The van der Waals surface area contributed by atoms with Crippen molar-refractivity contribution in [1.29, 1.82) is 0 Å². The summed E-state index contributed by atoms with van der Waals surface area (Å²) in [6.45, 7) is 7.34. The van der Waals surface area contributed by atoms with E-state index in [1.165, 1.54) is 39.9 Å². The van der Waals surface area contributed by atoms with Crippen molar-refractivity contribution in [2.75, 3.05) is 19.0 Å². The Kier molecular flexibility index (Phi) is 4.20. The lowest BCUT2D eigenvalue weighted by atomic mass is 9.76. The lowest BCUT2D eigenvalue weighted by Crippen LogP contribution is -2.36. The molecule has 1 saturated heterocycles. The molecule has 3 atom stereocenters. The first-order valence-corrected chi connectivity index (χ1v) is 9.22. The molecule has 1 fully saturated rings. The van der Waals surface area contributed by atoms with Crippen LogP contribution in [0, 0.1) is 26.7 Å². The number of anilines is 1. The average Bonchev–Trinajstić information content (AvgIpc) is 2.61. The zero-order valence-electron chi connectivity index (χ0n) is 15.6. The van der Waals surface area contributed by atoms with E-state index in [4.69, 9.17) is 9.47 Å². The van der Waals surface area contributed by atoms with Gasteiger partial charge >= 0.3 is 0 Å². The Morgan fingerprint density at radius 3 is 2.68 bits per heavy atom. The van der Waals surface area contributed by atoms with Gasteiger partial charge in [0.15, 0.2) is 0 Å². The van der Waals surface area contributed by atoms with Gasteiger partial charge in [-0.1, -0.05) is 29.8 Å². The van der Waals surface area contributed by atoms with Crippen molar-refractivity contribution in [3.63, 3.8) is 0 Å². The fourth-order valence-corrected chi connectivity index (χ4v) is 4.58. The number of hydrogen-bond donors (Lipinski definition) is 1. The Balaban J connectivity index is 1.79. The first-order valence-electron chi connectivity index (χ1n) is 9.22. The summed E-state index contributed by atoms with van der Waals surface area (Å²) in [7, 11) is 1.73. The maximum atomic E-state index is 6.28. The van der Waals surface area contributed by atoms with Gasteiger partial charge in [-0.05, 0) is 56.4 Å². The van der Waals surface area contributed by atoms with Gasteiger partial charge in [-0.3, -0.25) is 0 Å². The highest BCUT2D eigenvalue weighted by molar-refractivity contribution is 5.63. The van der Waals surface area contributed by atoms with Gasteiger partial charge in [0.05, 0.1) is 19.3 Å². The Hall–Kier alpha value is -2.00. The first-order chi connectivity index (χ1) is 12.1. The van der Waals surface area contributed by atoms with Gasteiger partial charge in [-0.15, -0.1) is 0 Å². The molecule has 2 aromatic carbocycles. The van der Waals surface area contributed by atoms with Crippen LogP contribution in [0.2, 0.25) is 0 Å². The molecule has 0 amide bonds. The summed E-state index contributed by atoms with van der Waals surface area (Å²) in [5.74, 6) is 1.42. The first kappa shape index (κ1) is 16.5. The molecule has 0 aromatic heterocycles. The largest absolute Gasteiger partial charge is 0.496 e. The molecule has 0 radical (unpaired) electrons. The lowest BCUT2D eigenvalue weighted by molar-refractivity contribution is -0.0382. The summed E-state index contributed by atoms with van der Waals surface area (Å²) in [5.41, 5.74) is 7.71. The summed E-state index contributed by atoms with van der Waals surface area (Å²) < 4.78 is 11.7. The molecule has 4 rings (SSSR count). The molecule has 1 N–H and O–H groups in total. The van der Waals surface area contributed by atoms with Crippen molar-refractivity contribution < 1.29 is 9.47 Å². The van der Waals surface area contributed by atoms with Gasteiger partial charge < -0.3 is 14.8 Å². The number of aryl methyl sites for hydroxylation is 3. The summed E-state index contributed by atoms with van der Waals surface area (Å²) in [6, 6.07) is 11.4. The fourth-order valence-electron chi connectivity index (χ4n) is 4.58. The van der Waals surface area contributed by atoms with Crippen molar-refractivity contribution in [3.05, 3.63) is 58.1 Å². The highest BCUT2D eigenvalue weighted by Crippen LogP contribution is 2.50. The minimum Gasteiger partial charge on any atom is -0.496 e. The molecule has 2 aromatic rings. The predicted molar refractivity (Wildman–Crippen MR) is 101 cm³/mol. The monoisotopic (exact) mass is 337 g/mol. The van der Waals surface area contributed by atoms with Crippen LogP contribution in [0.15, 0.2) is 30.3 Å². The van der Waals surface area contributed by atoms with E-state index in [2.05, 4.69) is 56.4 Å². The van der Waals surface area contributed by atoms with Crippen molar-refractivity contribution in [2.45, 2.75) is 45.8 Å². The van der Waals surface area contributed by atoms with Crippen LogP contribution in [0.1, 0.15) is 52.8 Å². The smallest absolute Gasteiger partial charge is 0.121 e. The third-order valence-electron chi connectivity index (χ3n) is 5.69. The van der Waals surface area contributed by atoms with Crippen molar-refractivity contribution in [1.82, 2.24) is 0 Å². The maximum absolute atomic E-state index is 6.28. The van der Waals surface area contributed by atoms with E-state index in [9.17, 15) is 0 Å². The average molecular weight is 337 g/mol. The highest BCUT2D eigenvalue weighted by Gasteiger charge is 2.40. The summed E-state index contributed by atoms with van der Waals surface area (Å²) in [5, 5.41) is 3.85. The standard InChI is InChI=1S/C22H27NO2/c1-13-10-15(3)20-18(11-13)22-17(6-5-9-25-22)21(23-20)16-7-8-19(24-4)14(2)12-16/h7-8,10-12,17,21-23H,5-6,9H2,1-4H3/t17-,21?,22-/m0/s1. The molecule has 1 unspecified atom stereocenters. The van der Waals surface area contributed by atoms with Crippen LogP contribution in [-0.4, -0.2) is 13.7 Å². The predicted octanol–water partition coefficient (Wildman–Crippen LogP) is 5.25. The lowest BCUT2D eigenvalue weighted by Gasteiger charge is -2.44. The van der Waals surface area contributed by atoms with E-state index in [1.807, 2.05) is 0 Å². The second kappa shape index (κ2) is 6.38. The Morgan fingerprint density at radius 1 is 1.08 bits per heavy atom. The van der Waals surface area contributed by atoms with Crippen LogP contribution in [0.25, 0.3) is 0 Å². The normalized spacial score (nSPS) is 24.9. The Morgan fingerprint density at radius 2 is 1.92 bits per heavy atom. The number of ether oxygens (including phenoxy) is 2. The number of fused-ring (bicyclic) bond motifs is 3. The number of rotatable bonds is 2. The third kappa shape index (κ3) is 2.81. The van der Waals surface area contributed by atoms with E-state index in [0.717, 1.165) is 18.8 Å². The Bertz CT molecular complexity index is 799. The van der Waals surface area contributed by atoms with Crippen LogP contribution in [0.4, 0.5) is 5.69 Å². The Labute approximate surface area is 150 Å². The molecule has 3 heteroatoms. The van der Waals surface area contributed by atoms with E-state index in [1.54, 1.807) is 7.11 Å². The molecule has 2 aliphatic heterocycles. The van der Waals surface area contributed by atoms with Gasteiger partial charge in [0.25, 0.3) is 0 Å². The molecule has 0 spiro atoms. The molecular formula is C22H27NO2. The number of hydrogen-bond acceptors (Lipinski definition) is 3. The summed E-state index contributed by atoms with van der Waals surface area (Å²) in [6.07, 6.45) is 2.52. The number of nitrogens with one attached hydrogen (secondary N) is 1. The van der Waals surface area contributed by atoms with Crippen LogP contribution < -0.4 is 10.1 Å². The van der Waals surface area contributed by atoms with Crippen LogP contribution in [-0.2, 0) is 4.74 Å². The quantitative estimate of drug-likeness (QED) is 0.811. The van der Waals surface area contributed by atoms with Gasteiger partial charge in [-0.2, -0.15) is 0 Å². The van der Waals surface area contributed by atoms with Crippen molar-refractivity contribution >= 4 is 5.69 Å². The number of methoxy groups -OCH3 is 1. The van der Waals surface area contributed by atoms with Crippen molar-refractivity contribution in [2.24, 2.45) is 5.92 Å². The molecule has 0 bridgehead atoms. The van der Waals surface area contributed by atoms with E-state index < -0.39 is 0 Å². The van der Waals surface area contributed by atoms with Crippen LogP contribution in [0.3, 0.4) is 0 Å². The molecule has 3 nitrogen and oxygen atoms in total. The van der Waals surface area contributed by atoms with E-state index >= 15 is 0 Å². The summed E-state index contributed by atoms with van der Waals surface area (Å²) >= 11 is 0. The third-order valence-corrected chi connectivity index (χ3v) is 5.69. The maximum Gasteiger partial charge on any atom is 0.121 e. The SMILES string of the molecule is COc1ccc(C2Nc3c(C)cc(C)cc3[C@H]3OCCC[C@@H]23)cc1C. The fraction of sp³-hybridized carbons (Fsp3) is 0.455. The zero-order valence-corrected chi connectivity index (χ0v) is 15.6. The molecule has 0 saturated carbocycles. The van der Waals surface area contributed by atoms with Gasteiger partial charge in [0, 0.05) is 23.8 Å². The highest BCUT2D eigenvalue weighted by atomic mass is 16.5. The van der Waals surface area contributed by atoms with Crippen molar-refractivity contribution in [3.8, 4) is 5.75 Å². The second-order valence-corrected chi connectivity index (χ2v) is 7.49. The van der Waals surface area contributed by atoms with Gasteiger partial charge in [-0.25, -0.2) is 0 Å². The molecule has 132 valence electrons. The summed E-state index contributed by atoms with van der Waals surface area (Å²) in [4.78, 5) is 0. The van der Waals surface area contributed by atoms with Gasteiger partial charge in [0.2, 0.25) is 0 Å². The minimum atomic E-state index is 0.191.